The van der Waals surface area contributed by atoms with Crippen molar-refractivity contribution in [1.82, 2.24) is 14.6 Å². The summed E-state index contributed by atoms with van der Waals surface area (Å²) in [5.41, 5.74) is -3.92. The fourth-order valence-electron chi connectivity index (χ4n) is 3.81. The van der Waals surface area contributed by atoms with Gasteiger partial charge in [-0.15, -0.1) is 6.42 Å². The summed E-state index contributed by atoms with van der Waals surface area (Å²) in [7, 11) is 0. The molecule has 4 N–H and O–H groups in total. The lowest BCUT2D eigenvalue weighted by Crippen LogP contribution is -2.48. The lowest BCUT2D eigenvalue weighted by atomic mass is 9.95. The van der Waals surface area contributed by atoms with Crippen molar-refractivity contribution in [3.8, 4) is 18.1 Å². The molecule has 1 aromatic carbocycles. The maximum absolute atomic E-state index is 12.9. The average molecular weight is 614 g/mol. The van der Waals surface area contributed by atoms with Gasteiger partial charge in [-0.05, 0) is 56.2 Å². The molecule has 0 saturated carbocycles. The third-order valence-electron chi connectivity index (χ3n) is 5.76. The molecular formula is C25H32N3O9PS2. The second-order valence-corrected chi connectivity index (χ2v) is 13.2. The van der Waals surface area contributed by atoms with E-state index in [4.69, 9.17) is 36.8 Å². The van der Waals surface area contributed by atoms with Crippen LogP contribution in [0.15, 0.2) is 52.2 Å². The first-order chi connectivity index (χ1) is 18.9. The molecular weight excluding hydrogens is 581 g/mol. The Kier molecular flexibility index (Phi) is 11.2. The molecule has 0 bridgehead atoms. The number of aromatic nitrogens is 2. The Labute approximate surface area is 240 Å². The summed E-state index contributed by atoms with van der Waals surface area (Å²) in [5.74, 6) is 2.53. The van der Waals surface area contributed by atoms with Crippen molar-refractivity contribution in [3.63, 3.8) is 0 Å². The normalized spacial score (nSPS) is 24.7. The highest BCUT2D eigenvalue weighted by atomic mass is 32.5. The van der Waals surface area contributed by atoms with E-state index in [9.17, 15) is 24.6 Å². The number of thioether (sulfide) groups is 1. The van der Waals surface area contributed by atoms with Gasteiger partial charge in [0.2, 0.25) is 0 Å². The minimum Gasteiger partial charge on any atom is -0.462 e. The maximum atomic E-state index is 12.9. The molecule has 1 aromatic heterocycles. The zero-order valence-electron chi connectivity index (χ0n) is 22.1. The van der Waals surface area contributed by atoms with Crippen LogP contribution < -0.4 is 20.9 Å². The van der Waals surface area contributed by atoms with Crippen LogP contribution in [0.4, 0.5) is 0 Å². The Morgan fingerprint density at radius 1 is 1.35 bits per heavy atom. The number of esters is 1. The number of carbonyl (C=O) groups excluding carboxylic acids is 1. The van der Waals surface area contributed by atoms with Crippen LogP contribution in [-0.2, 0) is 30.6 Å². The number of terminal acetylenes is 1. The Balaban J connectivity index is 1.88. The van der Waals surface area contributed by atoms with Gasteiger partial charge in [0.05, 0.1) is 12.7 Å². The van der Waals surface area contributed by atoms with E-state index in [1.165, 1.54) is 11.8 Å². The first-order valence-corrected chi connectivity index (χ1v) is 16.3. The molecule has 1 aliphatic heterocycles. The predicted molar refractivity (Wildman–Crippen MR) is 153 cm³/mol. The van der Waals surface area contributed by atoms with Gasteiger partial charge in [0.1, 0.15) is 24.0 Å². The predicted octanol–water partition coefficient (Wildman–Crippen LogP) is 1.14. The molecule has 1 aliphatic rings. The van der Waals surface area contributed by atoms with Crippen LogP contribution in [0, 0.1) is 12.3 Å². The molecule has 2 heterocycles. The number of aliphatic hydroxyl groups excluding tert-OH is 1. The minimum atomic E-state index is -3.54. The van der Waals surface area contributed by atoms with Crippen LogP contribution in [-0.4, -0.2) is 74.3 Å². The summed E-state index contributed by atoms with van der Waals surface area (Å²) in [6, 6.07) is 8.74. The molecule has 15 heteroatoms. The SMILES string of the molecule is C#C[C@@]1(O)[C@H](O)[C@@H](COP(=S)(NC(CCSC)C(=O)OC(C)C)Oc2ccccc2)O[C@H]1n1ccc(=O)[nH]c1=O. The smallest absolute Gasteiger partial charge is 0.330 e. The second-order valence-electron chi connectivity index (χ2n) is 9.11. The number of ether oxygens (including phenoxy) is 2. The molecule has 0 spiro atoms. The van der Waals surface area contributed by atoms with E-state index in [0.29, 0.717) is 17.9 Å². The van der Waals surface area contributed by atoms with E-state index >= 15 is 0 Å². The standard InChI is InChI=1S/C25H32N3O9PS2/c1-5-25(33)21(30)19(36-23(25)28-13-11-20(29)26-24(28)32)15-34-38(39,37-17-9-7-6-8-10-17)27-18(12-14-40-4)22(31)35-16(2)3/h1,6-11,13,16,18-19,21,23,30,33H,12,14-15H2,2-4H3,(H,27,39)(H,26,29,32)/t18?,19-,21-,23-,25-,38?/m1/s1. The van der Waals surface area contributed by atoms with Gasteiger partial charge in [-0.3, -0.25) is 19.1 Å². The van der Waals surface area contributed by atoms with E-state index in [0.717, 1.165) is 16.8 Å². The fourth-order valence-corrected chi connectivity index (χ4v) is 6.64. The van der Waals surface area contributed by atoms with Gasteiger partial charge in [-0.1, -0.05) is 24.1 Å². The number of carbonyl (C=O) groups is 1. The Bertz CT molecular complexity index is 1360. The Morgan fingerprint density at radius 3 is 2.65 bits per heavy atom. The monoisotopic (exact) mass is 613 g/mol. The van der Waals surface area contributed by atoms with E-state index in [1.807, 2.05) is 11.2 Å². The largest absolute Gasteiger partial charge is 0.462 e. The van der Waals surface area contributed by atoms with Gasteiger partial charge in [0, 0.05) is 12.3 Å². The molecule has 1 fully saturated rings. The van der Waals surface area contributed by atoms with Crippen molar-refractivity contribution in [1.29, 1.82) is 0 Å². The van der Waals surface area contributed by atoms with Gasteiger partial charge in [0.15, 0.2) is 11.8 Å². The highest BCUT2D eigenvalue weighted by Crippen LogP contribution is 2.47. The number of nitrogens with zero attached hydrogens (tertiary/aromatic N) is 1. The summed E-state index contributed by atoms with van der Waals surface area (Å²) < 4.78 is 24.0. The fraction of sp³-hybridized carbons (Fsp3) is 0.480. The van der Waals surface area contributed by atoms with Crippen LogP contribution in [0.5, 0.6) is 5.75 Å². The number of H-pyrrole nitrogens is 1. The van der Waals surface area contributed by atoms with Crippen LogP contribution in [0.1, 0.15) is 26.5 Å². The number of hydrogen-bond donors (Lipinski definition) is 4. The van der Waals surface area contributed by atoms with Crippen molar-refractivity contribution < 1.29 is 33.5 Å². The van der Waals surface area contributed by atoms with Crippen LogP contribution >= 0.6 is 18.4 Å². The maximum Gasteiger partial charge on any atom is 0.330 e. The third kappa shape index (κ3) is 7.84. The average Bonchev–Trinajstić information content (AvgIpc) is 3.15. The van der Waals surface area contributed by atoms with Gasteiger partial charge in [-0.2, -0.15) is 11.8 Å². The molecule has 12 nitrogen and oxygen atoms in total. The molecule has 2 aromatic rings. The van der Waals surface area contributed by atoms with Crippen molar-refractivity contribution in [2.45, 2.75) is 56.5 Å². The highest BCUT2D eigenvalue weighted by Gasteiger charge is 2.56. The van der Waals surface area contributed by atoms with E-state index < -0.39 is 60.5 Å². The molecule has 218 valence electrons. The summed E-state index contributed by atoms with van der Waals surface area (Å²) in [6.07, 6.45) is 3.96. The quantitative estimate of drug-likeness (QED) is 0.145. The van der Waals surface area contributed by atoms with E-state index in [-0.39, 0.29) is 6.10 Å². The van der Waals surface area contributed by atoms with E-state index in [1.54, 1.807) is 44.2 Å². The molecule has 1 saturated heterocycles. The number of rotatable bonds is 13. The summed E-state index contributed by atoms with van der Waals surface area (Å²) in [6.45, 7) is -0.522. The summed E-state index contributed by atoms with van der Waals surface area (Å²) in [4.78, 5) is 38.8. The number of hydrogen-bond acceptors (Lipinski definition) is 11. The van der Waals surface area contributed by atoms with Gasteiger partial charge in [0.25, 0.3) is 5.56 Å². The van der Waals surface area contributed by atoms with Crippen LogP contribution in [0.25, 0.3) is 0 Å². The van der Waals surface area contributed by atoms with Crippen LogP contribution in [0.3, 0.4) is 0 Å². The van der Waals surface area contributed by atoms with Crippen molar-refractivity contribution in [2.75, 3.05) is 18.6 Å². The molecule has 0 radical (unpaired) electrons. The molecule has 0 amide bonds. The van der Waals surface area contributed by atoms with Gasteiger partial charge in [-0.25, -0.2) is 9.88 Å². The molecule has 6 atom stereocenters. The first kappa shape index (κ1) is 32.0. The number of aliphatic hydroxyl groups is 2. The topological polar surface area (TPSA) is 161 Å². The van der Waals surface area contributed by atoms with Gasteiger partial charge >= 0.3 is 18.3 Å². The molecule has 0 aliphatic carbocycles. The second kappa shape index (κ2) is 13.9. The summed E-state index contributed by atoms with van der Waals surface area (Å²) in [5, 5.41) is 25.0. The molecule has 40 heavy (non-hydrogen) atoms. The zero-order valence-corrected chi connectivity index (χ0v) is 24.6. The highest BCUT2D eigenvalue weighted by molar-refractivity contribution is 8.09. The summed E-state index contributed by atoms with van der Waals surface area (Å²) >= 11 is 7.30. The lowest BCUT2D eigenvalue weighted by molar-refractivity contribution is -0.149. The molecule has 2 unspecified atom stereocenters. The first-order valence-electron chi connectivity index (χ1n) is 12.2. The molecule has 3 rings (SSSR count). The van der Waals surface area contributed by atoms with Crippen molar-refractivity contribution in [3.05, 3.63) is 63.4 Å². The Morgan fingerprint density at radius 2 is 2.05 bits per heavy atom. The van der Waals surface area contributed by atoms with E-state index in [2.05, 4.69) is 11.0 Å². The van der Waals surface area contributed by atoms with Crippen molar-refractivity contribution >= 4 is 36.2 Å². The minimum absolute atomic E-state index is 0.364. The number of para-hydroxylation sites is 1. The lowest BCUT2D eigenvalue weighted by Gasteiger charge is -2.29. The van der Waals surface area contributed by atoms with Crippen molar-refractivity contribution in [2.24, 2.45) is 0 Å². The van der Waals surface area contributed by atoms with Gasteiger partial charge < -0.3 is 28.7 Å². The number of nitrogens with one attached hydrogen (secondary N) is 2. The number of aromatic amines is 1. The Hall–Kier alpha value is -2.47. The third-order valence-corrected chi connectivity index (χ3v) is 8.82. The number of benzene rings is 1. The van der Waals surface area contributed by atoms with Crippen LogP contribution in [0.2, 0.25) is 0 Å². The zero-order chi connectivity index (χ0) is 29.5.